The van der Waals surface area contributed by atoms with Crippen LogP contribution >= 0.6 is 23.4 Å². The Bertz CT molecular complexity index is 1430. The van der Waals surface area contributed by atoms with Crippen LogP contribution in [0.15, 0.2) is 70.6 Å². The standard InChI is InChI=1S/C22H19ClN4O4S2/c1-14(30-13-32-2)18-12-20(27(25-18)19-10-5-4-9-17(19)23)21-24-22(31-26-21)15-7-6-8-16(11-15)33(3,28)29/h4-12H,1,13H2,2-3H3. The molecule has 0 aliphatic carbocycles. The number of aromatic nitrogens is 4. The Kier molecular flexibility index (Phi) is 6.59. The van der Waals surface area contributed by atoms with Crippen molar-refractivity contribution in [3.63, 3.8) is 0 Å². The molecule has 33 heavy (non-hydrogen) atoms. The van der Waals surface area contributed by atoms with Crippen LogP contribution in [0.3, 0.4) is 0 Å². The first-order valence-electron chi connectivity index (χ1n) is 9.58. The summed E-state index contributed by atoms with van der Waals surface area (Å²) in [7, 11) is -3.38. The summed E-state index contributed by atoms with van der Waals surface area (Å²) in [5.41, 5.74) is 2.09. The van der Waals surface area contributed by atoms with Gasteiger partial charge < -0.3 is 9.26 Å². The summed E-state index contributed by atoms with van der Waals surface area (Å²) in [6.07, 6.45) is 3.06. The first-order valence-corrected chi connectivity index (χ1v) is 13.2. The molecule has 0 saturated heterocycles. The van der Waals surface area contributed by atoms with Crippen molar-refractivity contribution in [3.8, 4) is 28.7 Å². The quantitative estimate of drug-likeness (QED) is 0.246. The van der Waals surface area contributed by atoms with Crippen molar-refractivity contribution in [2.45, 2.75) is 4.90 Å². The van der Waals surface area contributed by atoms with Gasteiger partial charge in [-0.05, 0) is 42.7 Å². The van der Waals surface area contributed by atoms with E-state index in [2.05, 4.69) is 21.8 Å². The van der Waals surface area contributed by atoms with Crippen molar-refractivity contribution >= 4 is 39.0 Å². The second-order valence-corrected chi connectivity index (χ2v) is 10.2. The lowest BCUT2D eigenvalue weighted by atomic mass is 10.2. The lowest BCUT2D eigenvalue weighted by Gasteiger charge is -2.07. The molecule has 8 nitrogen and oxygen atoms in total. The number of hydrogen-bond donors (Lipinski definition) is 0. The zero-order valence-electron chi connectivity index (χ0n) is 17.7. The first kappa shape index (κ1) is 23.1. The molecule has 170 valence electrons. The molecule has 0 aliphatic rings. The molecule has 0 unspecified atom stereocenters. The van der Waals surface area contributed by atoms with Crippen molar-refractivity contribution in [3.05, 3.63) is 71.9 Å². The van der Waals surface area contributed by atoms with Crippen molar-refractivity contribution in [2.75, 3.05) is 18.5 Å². The third-order valence-corrected chi connectivity index (χ3v) is 6.37. The maximum Gasteiger partial charge on any atom is 0.258 e. The number of rotatable bonds is 8. The van der Waals surface area contributed by atoms with Gasteiger partial charge in [-0.15, -0.1) is 11.8 Å². The maximum atomic E-state index is 11.9. The third kappa shape index (κ3) is 4.97. The summed E-state index contributed by atoms with van der Waals surface area (Å²) in [4.78, 5) is 4.63. The Hall–Kier alpha value is -3.08. The molecule has 0 radical (unpaired) electrons. The highest BCUT2D eigenvalue weighted by Gasteiger charge is 2.21. The van der Waals surface area contributed by atoms with E-state index < -0.39 is 9.84 Å². The molecule has 0 spiro atoms. The number of benzene rings is 2. The van der Waals surface area contributed by atoms with Crippen LogP contribution in [-0.4, -0.2) is 46.8 Å². The van der Waals surface area contributed by atoms with E-state index in [9.17, 15) is 8.42 Å². The van der Waals surface area contributed by atoms with Gasteiger partial charge in [-0.1, -0.05) is 41.5 Å². The van der Waals surface area contributed by atoms with Crippen molar-refractivity contribution in [1.29, 1.82) is 0 Å². The Labute approximate surface area is 200 Å². The minimum absolute atomic E-state index is 0.158. The van der Waals surface area contributed by atoms with Gasteiger partial charge in [-0.25, -0.2) is 13.1 Å². The predicted molar refractivity (Wildman–Crippen MR) is 129 cm³/mol. The lowest BCUT2D eigenvalue weighted by Crippen LogP contribution is -2.01. The van der Waals surface area contributed by atoms with Crippen LogP contribution in [0.1, 0.15) is 5.69 Å². The van der Waals surface area contributed by atoms with Gasteiger partial charge in [-0.3, -0.25) is 0 Å². The second-order valence-electron chi connectivity index (χ2n) is 6.98. The molecule has 2 heterocycles. The van der Waals surface area contributed by atoms with Crippen LogP contribution in [0.2, 0.25) is 5.02 Å². The molecule has 0 atom stereocenters. The van der Waals surface area contributed by atoms with Gasteiger partial charge in [0.1, 0.15) is 23.1 Å². The monoisotopic (exact) mass is 502 g/mol. The van der Waals surface area contributed by atoms with E-state index in [1.165, 1.54) is 23.9 Å². The highest BCUT2D eigenvalue weighted by molar-refractivity contribution is 7.98. The van der Waals surface area contributed by atoms with Crippen molar-refractivity contribution in [2.24, 2.45) is 0 Å². The molecule has 4 aromatic rings. The number of sulfone groups is 1. The van der Waals surface area contributed by atoms with Gasteiger partial charge in [0.25, 0.3) is 5.89 Å². The molecule has 0 aliphatic heterocycles. The lowest BCUT2D eigenvalue weighted by molar-refractivity contribution is 0.348. The van der Waals surface area contributed by atoms with Gasteiger partial charge in [0.05, 0.1) is 15.6 Å². The molecule has 11 heteroatoms. The molecule has 2 aromatic carbocycles. The first-order chi connectivity index (χ1) is 15.8. The Morgan fingerprint density at radius 3 is 2.73 bits per heavy atom. The van der Waals surface area contributed by atoms with E-state index in [4.69, 9.17) is 20.9 Å². The van der Waals surface area contributed by atoms with Crippen molar-refractivity contribution in [1.82, 2.24) is 19.9 Å². The topological polar surface area (TPSA) is 100 Å². The number of ether oxygens (including phenoxy) is 1. The number of nitrogens with zero attached hydrogens (tertiary/aromatic N) is 4. The largest absolute Gasteiger partial charge is 0.481 e. The van der Waals surface area contributed by atoms with Crippen LogP contribution < -0.4 is 0 Å². The Morgan fingerprint density at radius 1 is 1.21 bits per heavy atom. The summed E-state index contributed by atoms with van der Waals surface area (Å²) in [5, 5.41) is 9.17. The van der Waals surface area contributed by atoms with E-state index in [-0.39, 0.29) is 16.6 Å². The van der Waals surface area contributed by atoms with E-state index in [1.807, 2.05) is 24.5 Å². The number of para-hydroxylation sites is 1. The van der Waals surface area contributed by atoms with Crippen LogP contribution in [0.4, 0.5) is 0 Å². The SMILES string of the molecule is C=C(OCSC)c1cc(-c2noc(-c3cccc(S(C)(=O)=O)c3)n2)n(-c2ccccc2Cl)n1. The Morgan fingerprint density at radius 2 is 2.00 bits per heavy atom. The van der Waals surface area contributed by atoms with Gasteiger partial charge in [0.2, 0.25) is 5.82 Å². The average Bonchev–Trinajstić information content (AvgIpc) is 3.45. The summed E-state index contributed by atoms with van der Waals surface area (Å²) >= 11 is 7.93. The fourth-order valence-electron chi connectivity index (χ4n) is 2.99. The molecular formula is C22H19ClN4O4S2. The van der Waals surface area contributed by atoms with E-state index >= 15 is 0 Å². The molecule has 0 amide bonds. The molecule has 0 bridgehead atoms. The Balaban J connectivity index is 1.79. The summed E-state index contributed by atoms with van der Waals surface area (Å²) in [6.45, 7) is 3.95. The summed E-state index contributed by atoms with van der Waals surface area (Å²) in [5.74, 6) is 1.23. The summed E-state index contributed by atoms with van der Waals surface area (Å²) < 4.78 is 36.4. The smallest absolute Gasteiger partial charge is 0.258 e. The van der Waals surface area contributed by atoms with E-state index in [0.29, 0.717) is 39.4 Å². The fraction of sp³-hybridized carbons (Fsp3) is 0.136. The van der Waals surface area contributed by atoms with Crippen LogP contribution in [0.25, 0.3) is 34.4 Å². The average molecular weight is 503 g/mol. The van der Waals surface area contributed by atoms with Crippen LogP contribution in [-0.2, 0) is 14.6 Å². The summed E-state index contributed by atoms with van der Waals surface area (Å²) in [6, 6.07) is 15.3. The van der Waals surface area contributed by atoms with Crippen molar-refractivity contribution < 1.29 is 17.7 Å². The fourth-order valence-corrected chi connectivity index (χ4v) is 4.14. The zero-order valence-corrected chi connectivity index (χ0v) is 20.1. The van der Waals surface area contributed by atoms with E-state index in [0.717, 1.165) is 6.26 Å². The minimum atomic E-state index is -3.38. The molecule has 2 aromatic heterocycles. The minimum Gasteiger partial charge on any atom is -0.481 e. The highest BCUT2D eigenvalue weighted by atomic mass is 35.5. The highest BCUT2D eigenvalue weighted by Crippen LogP contribution is 2.30. The number of halogens is 1. The third-order valence-electron chi connectivity index (χ3n) is 4.59. The molecular weight excluding hydrogens is 484 g/mol. The number of hydrogen-bond acceptors (Lipinski definition) is 8. The van der Waals surface area contributed by atoms with Crippen LogP contribution in [0.5, 0.6) is 0 Å². The molecule has 0 N–H and O–H groups in total. The van der Waals surface area contributed by atoms with Gasteiger partial charge in [-0.2, -0.15) is 10.1 Å². The van der Waals surface area contributed by atoms with Crippen LogP contribution in [0, 0.1) is 0 Å². The molecule has 4 rings (SSSR count). The maximum absolute atomic E-state index is 11.9. The molecule has 0 fully saturated rings. The zero-order chi connectivity index (χ0) is 23.6. The van der Waals surface area contributed by atoms with E-state index in [1.54, 1.807) is 28.9 Å². The predicted octanol–water partition coefficient (Wildman–Crippen LogP) is 4.95. The number of thioether (sulfide) groups is 1. The normalized spacial score (nSPS) is 11.5. The molecule has 0 saturated carbocycles. The van der Waals surface area contributed by atoms with Gasteiger partial charge >= 0.3 is 0 Å². The van der Waals surface area contributed by atoms with Gasteiger partial charge in [0.15, 0.2) is 9.84 Å². The second kappa shape index (κ2) is 9.42. The van der Waals surface area contributed by atoms with Gasteiger partial charge in [0, 0.05) is 11.8 Å².